The highest BCUT2D eigenvalue weighted by Gasteiger charge is 2.36. The van der Waals surface area contributed by atoms with Crippen LogP contribution in [0, 0.1) is 0 Å². The number of hydrogen-bond donors (Lipinski definition) is 1. The number of anilines is 1. The summed E-state index contributed by atoms with van der Waals surface area (Å²) >= 11 is 11.2. The normalized spacial score (nSPS) is 11.2. The van der Waals surface area contributed by atoms with Gasteiger partial charge in [-0.3, -0.25) is 4.79 Å². The molecular formula is C14H9Cl2F3N2O2. The van der Waals surface area contributed by atoms with Gasteiger partial charge in [0.2, 0.25) is 5.88 Å². The molecule has 9 heteroatoms. The summed E-state index contributed by atoms with van der Waals surface area (Å²) in [7, 11) is 0. The van der Waals surface area contributed by atoms with E-state index in [-0.39, 0.29) is 5.02 Å². The molecule has 0 unspecified atom stereocenters. The molecule has 0 atom stereocenters. The van der Waals surface area contributed by atoms with Crippen molar-refractivity contribution < 1.29 is 22.7 Å². The molecule has 0 aliphatic heterocycles. The summed E-state index contributed by atoms with van der Waals surface area (Å²) in [6, 6.07) is 9.35. The van der Waals surface area contributed by atoms with Crippen LogP contribution in [0.5, 0.6) is 5.88 Å². The van der Waals surface area contributed by atoms with E-state index < -0.39 is 35.3 Å². The maximum Gasteiger partial charge on any atom is 0.434 e. The summed E-state index contributed by atoms with van der Waals surface area (Å²) in [6.45, 7) is -0.555. The number of amides is 1. The van der Waals surface area contributed by atoms with E-state index in [1.165, 1.54) is 0 Å². The average molecular weight is 365 g/mol. The van der Waals surface area contributed by atoms with E-state index in [9.17, 15) is 18.0 Å². The van der Waals surface area contributed by atoms with E-state index in [0.717, 1.165) is 6.07 Å². The Morgan fingerprint density at radius 3 is 2.43 bits per heavy atom. The maximum atomic E-state index is 12.7. The Kier molecular flexibility index (Phi) is 5.33. The zero-order valence-corrected chi connectivity index (χ0v) is 12.8. The third-order valence-electron chi connectivity index (χ3n) is 2.56. The second kappa shape index (κ2) is 7.06. The van der Waals surface area contributed by atoms with Crippen molar-refractivity contribution in [2.24, 2.45) is 0 Å². The van der Waals surface area contributed by atoms with Gasteiger partial charge in [0.1, 0.15) is 5.02 Å². The predicted molar refractivity (Wildman–Crippen MR) is 79.8 cm³/mol. The molecule has 0 radical (unpaired) electrons. The number of benzene rings is 1. The molecule has 0 aliphatic carbocycles. The first kappa shape index (κ1) is 17.4. The third kappa shape index (κ3) is 4.74. The number of aromatic nitrogens is 1. The number of ether oxygens (including phenoxy) is 1. The Labute approximate surface area is 139 Å². The SMILES string of the molecule is O=C(COc1nc(C(F)(F)F)c(Cl)cc1Cl)Nc1ccccc1. The summed E-state index contributed by atoms with van der Waals surface area (Å²) in [5.41, 5.74) is -0.811. The van der Waals surface area contributed by atoms with Crippen molar-refractivity contribution in [3.63, 3.8) is 0 Å². The van der Waals surface area contributed by atoms with Crippen LogP contribution < -0.4 is 10.1 Å². The van der Waals surface area contributed by atoms with E-state index in [1.807, 2.05) is 0 Å². The first-order valence-electron chi connectivity index (χ1n) is 6.18. The van der Waals surface area contributed by atoms with Crippen LogP contribution in [-0.4, -0.2) is 17.5 Å². The molecular weight excluding hydrogens is 356 g/mol. The van der Waals surface area contributed by atoms with Crippen LogP contribution in [0.3, 0.4) is 0 Å². The Bertz CT molecular complexity index is 709. The molecule has 2 aromatic rings. The molecule has 4 nitrogen and oxygen atoms in total. The van der Waals surface area contributed by atoms with Crippen LogP contribution in [0.15, 0.2) is 36.4 Å². The van der Waals surface area contributed by atoms with Gasteiger partial charge in [0.05, 0.1) is 5.02 Å². The number of halogens is 5. The number of carbonyl (C=O) groups is 1. The molecule has 0 spiro atoms. The van der Waals surface area contributed by atoms with Gasteiger partial charge in [0.25, 0.3) is 5.91 Å². The van der Waals surface area contributed by atoms with Gasteiger partial charge in [-0.25, -0.2) is 4.98 Å². The van der Waals surface area contributed by atoms with Crippen molar-refractivity contribution >= 4 is 34.8 Å². The monoisotopic (exact) mass is 364 g/mol. The molecule has 0 fully saturated rings. The fourth-order valence-corrected chi connectivity index (χ4v) is 2.12. The number of alkyl halides is 3. The third-order valence-corrected chi connectivity index (χ3v) is 3.12. The standard InChI is InChI=1S/C14H9Cl2F3N2O2/c15-9-6-10(16)13(21-12(9)14(17,18)19)23-7-11(22)20-8-4-2-1-3-5-8/h1-6H,7H2,(H,20,22). The quantitative estimate of drug-likeness (QED) is 0.873. The highest BCUT2D eigenvalue weighted by molar-refractivity contribution is 6.35. The lowest BCUT2D eigenvalue weighted by Crippen LogP contribution is -2.21. The summed E-state index contributed by atoms with van der Waals surface area (Å²) < 4.78 is 43.1. The molecule has 122 valence electrons. The van der Waals surface area contributed by atoms with Crippen molar-refractivity contribution in [1.82, 2.24) is 4.98 Å². The lowest BCUT2D eigenvalue weighted by Gasteiger charge is -2.12. The van der Waals surface area contributed by atoms with E-state index in [4.69, 9.17) is 27.9 Å². The number of hydrogen-bond acceptors (Lipinski definition) is 3. The number of pyridine rings is 1. The van der Waals surface area contributed by atoms with E-state index in [2.05, 4.69) is 10.3 Å². The fourth-order valence-electron chi connectivity index (χ4n) is 1.60. The Morgan fingerprint density at radius 1 is 1.17 bits per heavy atom. The van der Waals surface area contributed by atoms with Crippen molar-refractivity contribution in [1.29, 1.82) is 0 Å². The van der Waals surface area contributed by atoms with E-state index >= 15 is 0 Å². The van der Waals surface area contributed by atoms with Gasteiger partial charge in [-0.15, -0.1) is 0 Å². The Balaban J connectivity index is 2.07. The van der Waals surface area contributed by atoms with Crippen LogP contribution in [0.1, 0.15) is 5.69 Å². The smallest absolute Gasteiger partial charge is 0.434 e. The van der Waals surface area contributed by atoms with Crippen molar-refractivity contribution in [2.45, 2.75) is 6.18 Å². The zero-order valence-electron chi connectivity index (χ0n) is 11.3. The number of rotatable bonds is 4. The lowest BCUT2D eigenvalue weighted by molar-refractivity contribution is -0.141. The largest absolute Gasteiger partial charge is 0.466 e. The molecule has 1 aromatic carbocycles. The first-order valence-corrected chi connectivity index (χ1v) is 6.94. The predicted octanol–water partition coefficient (Wildman–Crippen LogP) is 4.42. The molecule has 1 amide bonds. The van der Waals surface area contributed by atoms with Crippen molar-refractivity contribution in [3.05, 3.63) is 52.1 Å². The van der Waals surface area contributed by atoms with Gasteiger partial charge in [-0.2, -0.15) is 13.2 Å². The molecule has 1 N–H and O–H groups in total. The second-order valence-electron chi connectivity index (χ2n) is 4.31. The molecule has 2 rings (SSSR count). The van der Waals surface area contributed by atoms with Crippen LogP contribution in [0.4, 0.5) is 18.9 Å². The van der Waals surface area contributed by atoms with Crippen molar-refractivity contribution in [3.8, 4) is 5.88 Å². The van der Waals surface area contributed by atoms with Gasteiger partial charge in [0, 0.05) is 5.69 Å². The minimum Gasteiger partial charge on any atom is -0.466 e. The highest BCUT2D eigenvalue weighted by atomic mass is 35.5. The molecule has 1 aromatic heterocycles. The summed E-state index contributed by atoms with van der Waals surface area (Å²) in [4.78, 5) is 14.9. The lowest BCUT2D eigenvalue weighted by atomic mass is 10.3. The molecule has 0 saturated heterocycles. The average Bonchev–Trinajstić information content (AvgIpc) is 2.46. The molecule has 0 aliphatic rings. The summed E-state index contributed by atoms with van der Waals surface area (Å²) in [5, 5.41) is 1.63. The zero-order chi connectivity index (χ0) is 17.0. The van der Waals surface area contributed by atoms with Crippen molar-refractivity contribution in [2.75, 3.05) is 11.9 Å². The Morgan fingerprint density at radius 2 is 1.83 bits per heavy atom. The molecule has 0 bridgehead atoms. The van der Waals surface area contributed by atoms with Crippen LogP contribution in [0.2, 0.25) is 10.0 Å². The van der Waals surface area contributed by atoms with Gasteiger partial charge in [-0.1, -0.05) is 41.4 Å². The second-order valence-corrected chi connectivity index (χ2v) is 5.12. The van der Waals surface area contributed by atoms with Crippen LogP contribution >= 0.6 is 23.2 Å². The minimum absolute atomic E-state index is 0.226. The number of para-hydroxylation sites is 1. The molecule has 0 saturated carbocycles. The number of nitrogens with zero attached hydrogens (tertiary/aromatic N) is 1. The van der Waals surface area contributed by atoms with Gasteiger partial charge in [0.15, 0.2) is 12.3 Å². The summed E-state index contributed by atoms with van der Waals surface area (Å²) in [6.07, 6.45) is -4.76. The minimum atomic E-state index is -4.76. The van der Waals surface area contributed by atoms with Gasteiger partial charge < -0.3 is 10.1 Å². The van der Waals surface area contributed by atoms with E-state index in [1.54, 1.807) is 30.3 Å². The molecule has 23 heavy (non-hydrogen) atoms. The van der Waals surface area contributed by atoms with Gasteiger partial charge in [-0.05, 0) is 18.2 Å². The topological polar surface area (TPSA) is 51.2 Å². The van der Waals surface area contributed by atoms with Crippen LogP contribution in [-0.2, 0) is 11.0 Å². The first-order chi connectivity index (χ1) is 10.8. The Hall–Kier alpha value is -1.99. The maximum absolute atomic E-state index is 12.7. The molecule has 1 heterocycles. The number of carbonyl (C=O) groups excluding carboxylic acids is 1. The highest BCUT2D eigenvalue weighted by Crippen LogP contribution is 2.37. The number of nitrogens with one attached hydrogen (secondary N) is 1. The van der Waals surface area contributed by atoms with E-state index in [0.29, 0.717) is 5.69 Å². The summed E-state index contributed by atoms with van der Waals surface area (Å²) in [5.74, 6) is -1.09. The van der Waals surface area contributed by atoms with Crippen LogP contribution in [0.25, 0.3) is 0 Å². The fraction of sp³-hybridized carbons (Fsp3) is 0.143. The van der Waals surface area contributed by atoms with Gasteiger partial charge >= 0.3 is 6.18 Å².